The van der Waals surface area contributed by atoms with Gasteiger partial charge in [-0.15, -0.1) is 0 Å². The zero-order valence-electron chi connectivity index (χ0n) is 15.7. The number of nitrogens with one attached hydrogen (secondary N) is 2. The Balaban J connectivity index is 2.83. The zero-order chi connectivity index (χ0) is 19.0. The molecule has 0 radical (unpaired) electrons. The Bertz CT molecular complexity index is 585. The summed E-state index contributed by atoms with van der Waals surface area (Å²) in [6, 6.07) is 8.11. The highest BCUT2D eigenvalue weighted by Gasteiger charge is 2.29. The third-order valence-corrected chi connectivity index (χ3v) is 3.73. The Kier molecular flexibility index (Phi) is 8.11. The lowest BCUT2D eigenvalue weighted by Crippen LogP contribution is -2.53. The van der Waals surface area contributed by atoms with Crippen molar-refractivity contribution in [2.75, 3.05) is 13.1 Å². The average molecular weight is 347 g/mol. The molecular weight excluding hydrogens is 318 g/mol. The largest absolute Gasteiger partial charge is 0.352 e. The monoisotopic (exact) mass is 347 g/mol. The van der Waals surface area contributed by atoms with Gasteiger partial charge in [-0.2, -0.15) is 0 Å². The number of carbonyl (C=O) groups is 3. The van der Waals surface area contributed by atoms with E-state index in [2.05, 4.69) is 10.6 Å². The smallest absolute Gasteiger partial charge is 0.251 e. The summed E-state index contributed by atoms with van der Waals surface area (Å²) in [7, 11) is 0. The summed E-state index contributed by atoms with van der Waals surface area (Å²) in [5.74, 6) is -0.847. The average Bonchev–Trinajstić information content (AvgIpc) is 2.56. The molecule has 0 saturated heterocycles. The predicted molar refractivity (Wildman–Crippen MR) is 98.1 cm³/mol. The van der Waals surface area contributed by atoms with Crippen LogP contribution in [0, 0.1) is 5.92 Å². The third kappa shape index (κ3) is 6.57. The summed E-state index contributed by atoms with van der Waals surface area (Å²) in [5.41, 5.74) is 0.501. The van der Waals surface area contributed by atoms with Crippen LogP contribution >= 0.6 is 0 Å². The van der Waals surface area contributed by atoms with Gasteiger partial charge >= 0.3 is 0 Å². The minimum atomic E-state index is -0.681. The molecule has 6 heteroatoms. The van der Waals surface area contributed by atoms with Gasteiger partial charge in [0, 0.05) is 18.2 Å². The first-order chi connectivity index (χ1) is 11.8. The van der Waals surface area contributed by atoms with Gasteiger partial charge in [-0.25, -0.2) is 0 Å². The Labute approximate surface area is 150 Å². The standard InChI is InChI=1S/C19H29N3O3/c1-6-22(12-16(23)20-14(4)5)19(25)17(13(2)3)21-18(24)15-10-8-7-9-11-15/h7-11,13-14,17H,6,12H2,1-5H3,(H,20,23)(H,21,24). The van der Waals surface area contributed by atoms with Gasteiger partial charge in [0.25, 0.3) is 5.91 Å². The molecule has 0 aliphatic carbocycles. The van der Waals surface area contributed by atoms with E-state index in [0.717, 1.165) is 0 Å². The Morgan fingerprint density at radius 2 is 1.60 bits per heavy atom. The topological polar surface area (TPSA) is 78.5 Å². The first-order valence-electron chi connectivity index (χ1n) is 8.70. The van der Waals surface area contributed by atoms with E-state index in [1.807, 2.05) is 40.7 Å². The minimum Gasteiger partial charge on any atom is -0.352 e. The number of nitrogens with zero attached hydrogens (tertiary/aromatic N) is 1. The van der Waals surface area contributed by atoms with Crippen LogP contribution in [0.2, 0.25) is 0 Å². The lowest BCUT2D eigenvalue weighted by Gasteiger charge is -2.29. The van der Waals surface area contributed by atoms with E-state index in [0.29, 0.717) is 12.1 Å². The summed E-state index contributed by atoms with van der Waals surface area (Å²) >= 11 is 0. The molecule has 0 spiro atoms. The molecular formula is C19H29N3O3. The van der Waals surface area contributed by atoms with Crippen LogP contribution in [-0.2, 0) is 9.59 Å². The van der Waals surface area contributed by atoms with Crippen LogP contribution in [0.4, 0.5) is 0 Å². The summed E-state index contributed by atoms with van der Waals surface area (Å²) in [6.07, 6.45) is 0. The third-order valence-electron chi connectivity index (χ3n) is 3.73. The SMILES string of the molecule is CCN(CC(=O)NC(C)C)C(=O)C(NC(=O)c1ccccc1)C(C)C. The van der Waals surface area contributed by atoms with Crippen LogP contribution in [0.15, 0.2) is 30.3 Å². The Morgan fingerprint density at radius 1 is 1.00 bits per heavy atom. The molecule has 1 aromatic carbocycles. The van der Waals surface area contributed by atoms with Gasteiger partial charge < -0.3 is 15.5 Å². The van der Waals surface area contributed by atoms with Crippen molar-refractivity contribution >= 4 is 17.7 Å². The van der Waals surface area contributed by atoms with Gasteiger partial charge in [0.2, 0.25) is 11.8 Å². The lowest BCUT2D eigenvalue weighted by molar-refractivity contribution is -0.138. The van der Waals surface area contributed by atoms with Crippen molar-refractivity contribution in [3.05, 3.63) is 35.9 Å². The number of likely N-dealkylation sites (N-methyl/N-ethyl adjacent to an activating group) is 1. The summed E-state index contributed by atoms with van der Waals surface area (Å²) < 4.78 is 0. The van der Waals surface area contributed by atoms with Gasteiger partial charge in [0.1, 0.15) is 6.04 Å². The highest BCUT2D eigenvalue weighted by molar-refractivity contribution is 5.98. The second kappa shape index (κ2) is 9.81. The summed E-state index contributed by atoms with van der Waals surface area (Å²) in [6.45, 7) is 9.68. The van der Waals surface area contributed by atoms with Gasteiger partial charge in [-0.05, 0) is 38.8 Å². The molecule has 138 valence electrons. The van der Waals surface area contributed by atoms with Crippen LogP contribution in [-0.4, -0.2) is 47.8 Å². The number of rotatable bonds is 8. The first kappa shape index (κ1) is 20.7. The number of hydrogen-bond donors (Lipinski definition) is 2. The number of hydrogen-bond acceptors (Lipinski definition) is 3. The van der Waals surface area contributed by atoms with Crippen molar-refractivity contribution in [2.45, 2.75) is 46.7 Å². The molecule has 3 amide bonds. The van der Waals surface area contributed by atoms with Gasteiger partial charge in [0.05, 0.1) is 6.54 Å². The van der Waals surface area contributed by atoms with Crippen LogP contribution in [0.5, 0.6) is 0 Å². The number of carbonyl (C=O) groups excluding carboxylic acids is 3. The highest BCUT2D eigenvalue weighted by atomic mass is 16.2. The van der Waals surface area contributed by atoms with Crippen LogP contribution in [0.1, 0.15) is 45.0 Å². The van der Waals surface area contributed by atoms with Gasteiger partial charge in [-0.1, -0.05) is 32.0 Å². The quantitative estimate of drug-likeness (QED) is 0.753. The first-order valence-corrected chi connectivity index (χ1v) is 8.70. The second-order valence-corrected chi connectivity index (χ2v) is 6.64. The molecule has 0 fully saturated rings. The number of amides is 3. The van der Waals surface area contributed by atoms with Crippen molar-refractivity contribution in [3.8, 4) is 0 Å². The minimum absolute atomic E-state index is 0.0139. The van der Waals surface area contributed by atoms with Gasteiger partial charge in [-0.3, -0.25) is 14.4 Å². The van der Waals surface area contributed by atoms with Gasteiger partial charge in [0.15, 0.2) is 0 Å². The predicted octanol–water partition coefficient (Wildman–Crippen LogP) is 1.81. The van der Waals surface area contributed by atoms with E-state index in [1.165, 1.54) is 4.90 Å². The van der Waals surface area contributed by atoms with Crippen LogP contribution in [0.25, 0.3) is 0 Å². The fraction of sp³-hybridized carbons (Fsp3) is 0.526. The molecule has 1 rings (SSSR count). The van der Waals surface area contributed by atoms with E-state index in [-0.39, 0.29) is 36.2 Å². The van der Waals surface area contributed by atoms with E-state index < -0.39 is 6.04 Å². The molecule has 6 nitrogen and oxygen atoms in total. The molecule has 1 aromatic rings. The summed E-state index contributed by atoms with van der Waals surface area (Å²) in [4.78, 5) is 38.7. The maximum Gasteiger partial charge on any atom is 0.251 e. The molecule has 1 atom stereocenters. The molecule has 2 N–H and O–H groups in total. The van der Waals surface area contributed by atoms with Crippen molar-refractivity contribution in [2.24, 2.45) is 5.92 Å². The second-order valence-electron chi connectivity index (χ2n) is 6.64. The molecule has 1 unspecified atom stereocenters. The fourth-order valence-corrected chi connectivity index (χ4v) is 2.41. The van der Waals surface area contributed by atoms with E-state index >= 15 is 0 Å². The van der Waals surface area contributed by atoms with Crippen LogP contribution < -0.4 is 10.6 Å². The molecule has 0 aliphatic heterocycles. The van der Waals surface area contributed by atoms with Crippen molar-refractivity contribution in [1.82, 2.24) is 15.5 Å². The highest BCUT2D eigenvalue weighted by Crippen LogP contribution is 2.09. The molecule has 0 heterocycles. The van der Waals surface area contributed by atoms with E-state index in [9.17, 15) is 14.4 Å². The van der Waals surface area contributed by atoms with Crippen molar-refractivity contribution < 1.29 is 14.4 Å². The maximum absolute atomic E-state index is 12.8. The molecule has 0 aromatic heterocycles. The molecule has 0 aliphatic rings. The van der Waals surface area contributed by atoms with E-state index in [1.54, 1.807) is 24.3 Å². The summed E-state index contributed by atoms with van der Waals surface area (Å²) in [5, 5.41) is 5.58. The molecule has 25 heavy (non-hydrogen) atoms. The van der Waals surface area contributed by atoms with Crippen molar-refractivity contribution in [1.29, 1.82) is 0 Å². The number of benzene rings is 1. The Hall–Kier alpha value is -2.37. The van der Waals surface area contributed by atoms with E-state index in [4.69, 9.17) is 0 Å². The molecule has 0 saturated carbocycles. The normalized spacial score (nSPS) is 12.0. The zero-order valence-corrected chi connectivity index (χ0v) is 15.7. The lowest BCUT2D eigenvalue weighted by atomic mass is 10.0. The van der Waals surface area contributed by atoms with Crippen molar-refractivity contribution in [3.63, 3.8) is 0 Å². The molecule has 0 bridgehead atoms. The van der Waals surface area contributed by atoms with Crippen LogP contribution in [0.3, 0.4) is 0 Å². The maximum atomic E-state index is 12.8. The Morgan fingerprint density at radius 3 is 2.08 bits per heavy atom. The fourth-order valence-electron chi connectivity index (χ4n) is 2.41.